The molecule has 0 aliphatic carbocycles. The van der Waals surface area contributed by atoms with Crippen LogP contribution in [-0.4, -0.2) is 35.5 Å². The van der Waals surface area contributed by atoms with Crippen LogP contribution in [0.3, 0.4) is 0 Å². The fourth-order valence-electron chi connectivity index (χ4n) is 2.64. The Bertz CT molecular complexity index is 542. The lowest BCUT2D eigenvalue weighted by Crippen LogP contribution is -2.45. The average Bonchev–Trinajstić information content (AvgIpc) is 2.45. The Labute approximate surface area is 132 Å². The molecule has 1 amide bonds. The first-order chi connectivity index (χ1) is 10.3. The molecule has 0 N–H and O–H groups in total. The lowest BCUT2D eigenvalue weighted by Gasteiger charge is -2.32. The van der Waals surface area contributed by atoms with Crippen LogP contribution in [0.5, 0.6) is 0 Å². The first-order valence-corrected chi connectivity index (χ1v) is 7.89. The van der Waals surface area contributed by atoms with Gasteiger partial charge in [0.1, 0.15) is 5.60 Å². The second-order valence-electron chi connectivity index (χ2n) is 6.80. The van der Waals surface area contributed by atoms with Crippen molar-refractivity contribution >= 4 is 11.9 Å². The molecule has 1 aliphatic rings. The summed E-state index contributed by atoms with van der Waals surface area (Å²) in [5.74, 6) is -0.0223. The van der Waals surface area contributed by atoms with Gasteiger partial charge in [0.15, 0.2) is 5.78 Å². The van der Waals surface area contributed by atoms with Crippen molar-refractivity contribution in [1.82, 2.24) is 4.90 Å². The normalized spacial score (nSPS) is 19.2. The van der Waals surface area contributed by atoms with Gasteiger partial charge in [-0.25, -0.2) is 4.79 Å². The molecule has 22 heavy (non-hydrogen) atoms. The van der Waals surface area contributed by atoms with E-state index < -0.39 is 11.7 Å². The quantitative estimate of drug-likeness (QED) is 0.839. The average molecular weight is 303 g/mol. The van der Waals surface area contributed by atoms with E-state index in [0.717, 1.165) is 12.0 Å². The van der Waals surface area contributed by atoms with Gasteiger partial charge in [0.2, 0.25) is 0 Å². The number of ether oxygens (including phenoxy) is 1. The van der Waals surface area contributed by atoms with E-state index in [-0.39, 0.29) is 18.2 Å². The van der Waals surface area contributed by atoms with Crippen molar-refractivity contribution in [2.45, 2.75) is 52.1 Å². The van der Waals surface area contributed by atoms with E-state index >= 15 is 0 Å². The molecule has 4 nitrogen and oxygen atoms in total. The summed E-state index contributed by atoms with van der Waals surface area (Å²) in [6.45, 7) is 8.29. The summed E-state index contributed by atoms with van der Waals surface area (Å²) >= 11 is 0. The Morgan fingerprint density at radius 2 is 1.91 bits per heavy atom. The second kappa shape index (κ2) is 6.51. The molecule has 1 saturated heterocycles. The molecular weight excluding hydrogens is 278 g/mol. The zero-order valence-corrected chi connectivity index (χ0v) is 13.9. The predicted molar refractivity (Wildman–Crippen MR) is 86.0 cm³/mol. The number of carbonyl (C=O) groups excluding carboxylic acids is 2. The standard InChI is InChI=1S/C18H25NO3/c1-5-13-6-8-14(9-7-13)15-10-11-19(12-16(15)20)17(21)22-18(2,3)4/h6-9,15H,5,10-12H2,1-4H3/t15-/m0/s1. The summed E-state index contributed by atoms with van der Waals surface area (Å²) in [7, 11) is 0. The highest BCUT2D eigenvalue weighted by atomic mass is 16.6. The van der Waals surface area contributed by atoms with Crippen LogP contribution in [0.25, 0.3) is 0 Å². The van der Waals surface area contributed by atoms with Gasteiger partial charge in [0.25, 0.3) is 0 Å². The van der Waals surface area contributed by atoms with E-state index in [1.165, 1.54) is 10.5 Å². The second-order valence-corrected chi connectivity index (χ2v) is 6.80. The highest BCUT2D eigenvalue weighted by Gasteiger charge is 2.32. The van der Waals surface area contributed by atoms with Crippen LogP contribution < -0.4 is 0 Å². The molecule has 0 radical (unpaired) electrons. The number of rotatable bonds is 2. The maximum Gasteiger partial charge on any atom is 0.410 e. The predicted octanol–water partition coefficient (Wildman–Crippen LogP) is 3.54. The van der Waals surface area contributed by atoms with Crippen LogP contribution in [-0.2, 0) is 16.0 Å². The molecule has 1 heterocycles. The molecule has 2 rings (SSSR count). The number of amides is 1. The third-order valence-electron chi connectivity index (χ3n) is 3.87. The largest absolute Gasteiger partial charge is 0.444 e. The maximum absolute atomic E-state index is 12.4. The lowest BCUT2D eigenvalue weighted by atomic mass is 9.88. The van der Waals surface area contributed by atoms with E-state index in [2.05, 4.69) is 19.1 Å². The molecule has 1 fully saturated rings. The minimum atomic E-state index is -0.535. The van der Waals surface area contributed by atoms with Crippen molar-refractivity contribution in [2.75, 3.05) is 13.1 Å². The molecule has 0 bridgehead atoms. The molecule has 1 atom stereocenters. The van der Waals surface area contributed by atoms with Crippen LogP contribution in [0.4, 0.5) is 4.79 Å². The van der Waals surface area contributed by atoms with E-state index in [1.807, 2.05) is 32.9 Å². The fraction of sp³-hybridized carbons (Fsp3) is 0.556. The fourth-order valence-corrected chi connectivity index (χ4v) is 2.64. The Balaban J connectivity index is 2.00. The van der Waals surface area contributed by atoms with E-state index in [1.54, 1.807) is 0 Å². The van der Waals surface area contributed by atoms with Gasteiger partial charge in [-0.1, -0.05) is 31.2 Å². The Morgan fingerprint density at radius 3 is 2.41 bits per heavy atom. The van der Waals surface area contributed by atoms with Crippen LogP contribution in [0.15, 0.2) is 24.3 Å². The van der Waals surface area contributed by atoms with Gasteiger partial charge in [-0.3, -0.25) is 4.79 Å². The van der Waals surface area contributed by atoms with Crippen LogP contribution in [0, 0.1) is 0 Å². The van der Waals surface area contributed by atoms with Gasteiger partial charge < -0.3 is 9.64 Å². The van der Waals surface area contributed by atoms with Crippen LogP contribution >= 0.6 is 0 Å². The Hall–Kier alpha value is -1.84. The molecule has 4 heteroatoms. The van der Waals surface area contributed by atoms with Crippen molar-refractivity contribution in [1.29, 1.82) is 0 Å². The molecule has 1 aromatic carbocycles. The summed E-state index contributed by atoms with van der Waals surface area (Å²) in [5.41, 5.74) is 1.78. The van der Waals surface area contributed by atoms with E-state index in [4.69, 9.17) is 4.74 Å². The summed E-state index contributed by atoms with van der Waals surface area (Å²) in [6.07, 6.45) is 1.25. The molecule has 0 saturated carbocycles. The molecule has 0 unspecified atom stereocenters. The van der Waals surface area contributed by atoms with Gasteiger partial charge >= 0.3 is 6.09 Å². The van der Waals surface area contributed by atoms with Crippen LogP contribution in [0.2, 0.25) is 0 Å². The molecule has 1 aliphatic heterocycles. The number of nitrogens with zero attached hydrogens (tertiary/aromatic N) is 1. The number of hydrogen-bond acceptors (Lipinski definition) is 3. The first kappa shape index (κ1) is 16.5. The molecule has 0 aromatic heterocycles. The third kappa shape index (κ3) is 4.09. The Kier molecular flexibility index (Phi) is 4.89. The van der Waals surface area contributed by atoms with Gasteiger partial charge in [-0.2, -0.15) is 0 Å². The highest BCUT2D eigenvalue weighted by Crippen LogP contribution is 2.26. The lowest BCUT2D eigenvalue weighted by molar-refractivity contribution is -0.123. The summed E-state index contributed by atoms with van der Waals surface area (Å²) in [5, 5.41) is 0. The van der Waals surface area contributed by atoms with Crippen molar-refractivity contribution in [2.24, 2.45) is 0 Å². The number of Topliss-reactive ketones (excluding diaryl/α,β-unsaturated/α-hetero) is 1. The van der Waals surface area contributed by atoms with Crippen molar-refractivity contribution in [3.8, 4) is 0 Å². The third-order valence-corrected chi connectivity index (χ3v) is 3.87. The van der Waals surface area contributed by atoms with Crippen molar-refractivity contribution in [3.05, 3.63) is 35.4 Å². The number of piperidine rings is 1. The summed E-state index contributed by atoms with van der Waals surface area (Å²) < 4.78 is 5.33. The number of aryl methyl sites for hydroxylation is 1. The highest BCUT2D eigenvalue weighted by molar-refractivity contribution is 5.90. The molecule has 0 spiro atoms. The zero-order chi connectivity index (χ0) is 16.3. The summed E-state index contributed by atoms with van der Waals surface area (Å²) in [4.78, 5) is 25.9. The molecular formula is C18H25NO3. The van der Waals surface area contributed by atoms with Gasteiger partial charge in [-0.15, -0.1) is 0 Å². The topological polar surface area (TPSA) is 46.6 Å². The number of benzene rings is 1. The number of likely N-dealkylation sites (tertiary alicyclic amines) is 1. The van der Waals surface area contributed by atoms with E-state index in [0.29, 0.717) is 13.0 Å². The zero-order valence-electron chi connectivity index (χ0n) is 13.9. The van der Waals surface area contributed by atoms with Crippen molar-refractivity contribution < 1.29 is 14.3 Å². The Morgan fingerprint density at radius 1 is 1.27 bits per heavy atom. The molecule has 120 valence electrons. The SMILES string of the molecule is CCc1ccc([C@@H]2CCN(C(=O)OC(C)(C)C)CC2=O)cc1. The van der Waals surface area contributed by atoms with Crippen molar-refractivity contribution in [3.63, 3.8) is 0 Å². The maximum atomic E-state index is 12.4. The number of carbonyl (C=O) groups is 2. The molecule has 1 aromatic rings. The number of hydrogen-bond donors (Lipinski definition) is 0. The minimum Gasteiger partial charge on any atom is -0.444 e. The minimum absolute atomic E-state index is 0.0846. The summed E-state index contributed by atoms with van der Waals surface area (Å²) in [6, 6.07) is 8.21. The van der Waals surface area contributed by atoms with Crippen LogP contribution in [0.1, 0.15) is 51.2 Å². The monoisotopic (exact) mass is 303 g/mol. The smallest absolute Gasteiger partial charge is 0.410 e. The van der Waals surface area contributed by atoms with E-state index in [9.17, 15) is 9.59 Å². The first-order valence-electron chi connectivity index (χ1n) is 7.89. The number of ketones is 1. The van der Waals surface area contributed by atoms with Gasteiger partial charge in [-0.05, 0) is 44.7 Å². The van der Waals surface area contributed by atoms with Gasteiger partial charge in [0.05, 0.1) is 6.54 Å². The van der Waals surface area contributed by atoms with Gasteiger partial charge in [0, 0.05) is 12.5 Å².